The van der Waals surface area contributed by atoms with Gasteiger partial charge in [0.2, 0.25) is 0 Å². The number of hydrogen-bond acceptors (Lipinski definition) is 2. The van der Waals surface area contributed by atoms with Crippen molar-refractivity contribution >= 4 is 15.9 Å². The number of aromatic nitrogens is 1. The van der Waals surface area contributed by atoms with E-state index in [4.69, 9.17) is 0 Å². The van der Waals surface area contributed by atoms with Crippen molar-refractivity contribution in [1.29, 1.82) is 5.26 Å². The van der Waals surface area contributed by atoms with Gasteiger partial charge in [-0.1, -0.05) is 48.5 Å². The van der Waals surface area contributed by atoms with Gasteiger partial charge in [-0.15, -0.1) is 0 Å². The van der Waals surface area contributed by atoms with Gasteiger partial charge in [0.1, 0.15) is 16.5 Å². The van der Waals surface area contributed by atoms with Crippen molar-refractivity contribution in [3.8, 4) is 28.5 Å². The highest BCUT2D eigenvalue weighted by Crippen LogP contribution is 2.33. The third-order valence-electron chi connectivity index (χ3n) is 3.32. The van der Waals surface area contributed by atoms with Crippen LogP contribution < -0.4 is 0 Å². The first-order valence-electron chi connectivity index (χ1n) is 6.61. The van der Waals surface area contributed by atoms with Crippen LogP contribution in [0.2, 0.25) is 0 Å². The Bertz CT molecular complexity index is 870. The number of hydrogen-bond donors (Lipinski definition) is 0. The van der Waals surface area contributed by atoms with E-state index in [0.717, 1.165) is 5.56 Å². The summed E-state index contributed by atoms with van der Waals surface area (Å²) in [6.45, 7) is 0. The summed E-state index contributed by atoms with van der Waals surface area (Å²) >= 11 is 3.32. The lowest BCUT2D eigenvalue weighted by Gasteiger charge is -2.10. The maximum Gasteiger partial charge on any atom is 0.131 e. The van der Waals surface area contributed by atoms with Gasteiger partial charge in [0.15, 0.2) is 0 Å². The highest BCUT2D eigenvalue weighted by molar-refractivity contribution is 9.10. The third-order valence-corrected chi connectivity index (χ3v) is 3.89. The molecule has 0 aliphatic carbocycles. The maximum atomic E-state index is 14.1. The van der Waals surface area contributed by atoms with Crippen molar-refractivity contribution in [3.05, 3.63) is 76.6 Å². The molecule has 0 aliphatic rings. The van der Waals surface area contributed by atoms with Gasteiger partial charge in [-0.05, 0) is 28.1 Å². The third kappa shape index (κ3) is 2.63. The molecular formula is C18H10BrFN2. The summed E-state index contributed by atoms with van der Waals surface area (Å²) in [5.74, 6) is -0.365. The highest BCUT2D eigenvalue weighted by Gasteiger charge is 2.15. The van der Waals surface area contributed by atoms with Crippen LogP contribution in [0.4, 0.5) is 4.39 Å². The normalized spacial score (nSPS) is 10.2. The Morgan fingerprint density at radius 3 is 2.32 bits per heavy atom. The minimum atomic E-state index is -0.365. The van der Waals surface area contributed by atoms with Crippen LogP contribution in [0.1, 0.15) is 5.56 Å². The molecule has 0 fully saturated rings. The largest absolute Gasteiger partial charge is 0.239 e. The van der Waals surface area contributed by atoms with Crippen LogP contribution in [0.5, 0.6) is 0 Å². The fourth-order valence-electron chi connectivity index (χ4n) is 2.27. The molecule has 0 unspecified atom stereocenters. The molecule has 3 aromatic rings. The lowest BCUT2D eigenvalue weighted by Crippen LogP contribution is -1.95. The zero-order valence-corrected chi connectivity index (χ0v) is 13.0. The topological polar surface area (TPSA) is 36.7 Å². The summed E-state index contributed by atoms with van der Waals surface area (Å²) in [5, 5.41) is 9.37. The lowest BCUT2D eigenvalue weighted by atomic mass is 9.99. The average Bonchev–Trinajstić information content (AvgIpc) is 2.55. The number of nitrogens with zero attached hydrogens (tertiary/aromatic N) is 2. The number of halogens is 2. The van der Waals surface area contributed by atoms with Gasteiger partial charge in [-0.25, -0.2) is 9.37 Å². The fourth-order valence-corrected chi connectivity index (χ4v) is 2.76. The summed E-state index contributed by atoms with van der Waals surface area (Å²) in [4.78, 5) is 4.40. The summed E-state index contributed by atoms with van der Waals surface area (Å²) in [7, 11) is 0. The number of benzene rings is 2. The first-order valence-corrected chi connectivity index (χ1v) is 7.41. The first-order chi connectivity index (χ1) is 10.7. The number of rotatable bonds is 2. The minimum absolute atomic E-state index is 0.324. The minimum Gasteiger partial charge on any atom is -0.239 e. The first kappa shape index (κ1) is 14.4. The molecule has 4 heteroatoms. The van der Waals surface area contributed by atoms with Crippen LogP contribution in [0.3, 0.4) is 0 Å². The molecule has 106 valence electrons. The van der Waals surface area contributed by atoms with E-state index in [9.17, 15) is 9.65 Å². The molecule has 22 heavy (non-hydrogen) atoms. The molecule has 0 saturated heterocycles. The van der Waals surface area contributed by atoms with Crippen molar-refractivity contribution in [2.24, 2.45) is 0 Å². The molecule has 2 nitrogen and oxygen atoms in total. The molecule has 2 aromatic carbocycles. The molecule has 3 rings (SSSR count). The molecule has 1 heterocycles. The van der Waals surface area contributed by atoms with E-state index in [1.165, 1.54) is 6.07 Å². The Labute approximate surface area is 136 Å². The van der Waals surface area contributed by atoms with Gasteiger partial charge in [-0.3, -0.25) is 0 Å². The molecule has 0 atom stereocenters. The Morgan fingerprint density at radius 1 is 0.955 bits per heavy atom. The predicted octanol–water partition coefficient (Wildman–Crippen LogP) is 5.19. The quantitative estimate of drug-likeness (QED) is 0.595. The zero-order chi connectivity index (χ0) is 15.5. The van der Waals surface area contributed by atoms with Crippen molar-refractivity contribution < 1.29 is 4.39 Å². The van der Waals surface area contributed by atoms with Gasteiger partial charge in [0.25, 0.3) is 0 Å². The highest BCUT2D eigenvalue weighted by atomic mass is 79.9. The molecular weight excluding hydrogens is 343 g/mol. The van der Waals surface area contributed by atoms with Gasteiger partial charge in [0.05, 0.1) is 11.3 Å². The Morgan fingerprint density at radius 2 is 1.64 bits per heavy atom. The molecule has 0 N–H and O–H groups in total. The maximum absolute atomic E-state index is 14.1. The summed E-state index contributed by atoms with van der Waals surface area (Å²) in [6.07, 6.45) is 0. The van der Waals surface area contributed by atoms with E-state index in [1.54, 1.807) is 24.3 Å². The molecule has 0 radical (unpaired) electrons. The van der Waals surface area contributed by atoms with Crippen LogP contribution in [0, 0.1) is 17.1 Å². The van der Waals surface area contributed by atoms with Crippen LogP contribution >= 0.6 is 15.9 Å². The van der Waals surface area contributed by atoms with Crippen LogP contribution in [-0.4, -0.2) is 4.98 Å². The van der Waals surface area contributed by atoms with E-state index in [-0.39, 0.29) is 5.82 Å². The molecule has 0 spiro atoms. The van der Waals surface area contributed by atoms with Crippen LogP contribution in [0.25, 0.3) is 22.4 Å². The molecule has 0 saturated carbocycles. The summed E-state index contributed by atoms with van der Waals surface area (Å²) in [6, 6.07) is 19.8. The van der Waals surface area contributed by atoms with E-state index >= 15 is 0 Å². The van der Waals surface area contributed by atoms with Gasteiger partial charge in [-0.2, -0.15) is 5.26 Å². The average molecular weight is 353 g/mol. The molecule has 0 amide bonds. The summed E-state index contributed by atoms with van der Waals surface area (Å²) < 4.78 is 14.5. The fraction of sp³-hybridized carbons (Fsp3) is 0. The van der Waals surface area contributed by atoms with Gasteiger partial charge in [0, 0.05) is 16.7 Å². The smallest absolute Gasteiger partial charge is 0.131 e. The lowest BCUT2D eigenvalue weighted by molar-refractivity contribution is 0.631. The number of pyridine rings is 1. The van der Waals surface area contributed by atoms with Crippen LogP contribution in [0.15, 0.2) is 65.3 Å². The summed E-state index contributed by atoms with van der Waals surface area (Å²) in [5.41, 5.74) is 2.83. The zero-order valence-electron chi connectivity index (χ0n) is 11.4. The van der Waals surface area contributed by atoms with E-state index in [0.29, 0.717) is 27.0 Å². The molecule has 0 aliphatic heterocycles. The van der Waals surface area contributed by atoms with Crippen molar-refractivity contribution in [2.45, 2.75) is 0 Å². The Hall–Kier alpha value is -2.51. The van der Waals surface area contributed by atoms with E-state index in [2.05, 4.69) is 27.0 Å². The van der Waals surface area contributed by atoms with Crippen molar-refractivity contribution in [1.82, 2.24) is 4.98 Å². The van der Waals surface area contributed by atoms with Crippen molar-refractivity contribution in [2.75, 3.05) is 0 Å². The monoisotopic (exact) mass is 352 g/mol. The predicted molar refractivity (Wildman–Crippen MR) is 87.5 cm³/mol. The van der Waals surface area contributed by atoms with Gasteiger partial charge < -0.3 is 0 Å². The SMILES string of the molecule is N#Cc1c(-c2ccccc2F)cc(-c2ccccc2)nc1Br. The second-order valence-electron chi connectivity index (χ2n) is 4.68. The van der Waals surface area contributed by atoms with E-state index in [1.807, 2.05) is 30.3 Å². The Kier molecular flexibility index (Phi) is 3.99. The molecule has 1 aromatic heterocycles. The van der Waals surface area contributed by atoms with Gasteiger partial charge >= 0.3 is 0 Å². The Balaban J connectivity index is 2.28. The van der Waals surface area contributed by atoms with Crippen molar-refractivity contribution in [3.63, 3.8) is 0 Å². The number of nitriles is 1. The second kappa shape index (κ2) is 6.08. The van der Waals surface area contributed by atoms with Crippen LogP contribution in [-0.2, 0) is 0 Å². The molecule has 0 bridgehead atoms. The van der Waals surface area contributed by atoms with E-state index < -0.39 is 0 Å². The standard InChI is InChI=1S/C18H10BrFN2/c19-18-15(11-21)14(13-8-4-5-9-16(13)20)10-17(22-18)12-6-2-1-3-7-12/h1-10H. The second-order valence-corrected chi connectivity index (χ2v) is 5.43.